The van der Waals surface area contributed by atoms with Gasteiger partial charge in [-0.25, -0.2) is 0 Å². The van der Waals surface area contributed by atoms with Gasteiger partial charge >= 0.3 is 0 Å². The maximum atomic E-state index is 3.66. The molecule has 1 rings (SSSR count). The molecular weight excluding hydrogens is 214 g/mol. The van der Waals surface area contributed by atoms with Crippen molar-refractivity contribution in [3.05, 3.63) is 35.9 Å². The fraction of sp³-hybridized carbons (Fsp3) is 0.571. The average molecular weight is 237 g/mol. The van der Waals surface area contributed by atoms with Crippen molar-refractivity contribution in [1.29, 1.82) is 0 Å². The second-order valence-electron chi connectivity index (χ2n) is 4.72. The molecule has 0 aliphatic rings. The van der Waals surface area contributed by atoms with Crippen LogP contribution < -0.4 is 5.32 Å². The minimum absolute atomic E-state index is 0.308. The van der Waals surface area contributed by atoms with Crippen molar-refractivity contribution in [1.82, 2.24) is 5.32 Å². The van der Waals surface area contributed by atoms with E-state index in [-0.39, 0.29) is 0 Å². The summed E-state index contributed by atoms with van der Waals surface area (Å²) in [5.41, 5.74) is 1.39. The zero-order valence-electron chi connectivity index (χ0n) is 10.8. The first kappa shape index (κ1) is 13.6. The molecule has 0 aromatic heterocycles. The minimum atomic E-state index is 0.308. The van der Waals surface area contributed by atoms with Crippen molar-refractivity contribution >= 4 is 11.8 Å². The van der Waals surface area contributed by atoms with Gasteiger partial charge in [0.05, 0.1) is 0 Å². The highest BCUT2D eigenvalue weighted by molar-refractivity contribution is 7.99. The fourth-order valence-corrected chi connectivity index (χ4v) is 1.85. The van der Waals surface area contributed by atoms with E-state index in [1.165, 1.54) is 5.56 Å². The lowest BCUT2D eigenvalue weighted by Crippen LogP contribution is -2.34. The Bertz CT molecular complexity index is 295. The molecule has 1 nitrogen and oxygen atoms in total. The van der Waals surface area contributed by atoms with Crippen molar-refractivity contribution in [2.24, 2.45) is 0 Å². The molecule has 0 spiro atoms. The first-order valence-corrected chi connectivity index (χ1v) is 7.15. The van der Waals surface area contributed by atoms with E-state index in [1.807, 2.05) is 11.8 Å². The van der Waals surface area contributed by atoms with Gasteiger partial charge < -0.3 is 5.32 Å². The van der Waals surface area contributed by atoms with Gasteiger partial charge in [0.15, 0.2) is 0 Å². The first-order chi connectivity index (χ1) is 7.59. The quantitative estimate of drug-likeness (QED) is 0.806. The molecule has 0 fully saturated rings. The van der Waals surface area contributed by atoms with Gasteiger partial charge in [0, 0.05) is 17.3 Å². The summed E-state index contributed by atoms with van der Waals surface area (Å²) < 4.78 is 0.308. The Morgan fingerprint density at radius 2 is 1.88 bits per heavy atom. The number of hydrogen-bond donors (Lipinski definition) is 1. The molecule has 0 amide bonds. The zero-order valence-corrected chi connectivity index (χ0v) is 11.6. The summed E-state index contributed by atoms with van der Waals surface area (Å²) in [6.45, 7) is 7.84. The molecule has 1 unspecified atom stereocenters. The molecule has 0 saturated heterocycles. The van der Waals surface area contributed by atoms with Crippen molar-refractivity contribution < 1.29 is 0 Å². The van der Waals surface area contributed by atoms with E-state index < -0.39 is 0 Å². The highest BCUT2D eigenvalue weighted by Crippen LogP contribution is 2.22. The highest BCUT2D eigenvalue weighted by atomic mass is 32.2. The lowest BCUT2D eigenvalue weighted by Gasteiger charge is -2.26. The third-order valence-electron chi connectivity index (χ3n) is 2.94. The number of nitrogens with one attached hydrogen (secondary N) is 1. The van der Waals surface area contributed by atoms with Crippen molar-refractivity contribution in [3.8, 4) is 0 Å². The van der Waals surface area contributed by atoms with E-state index in [4.69, 9.17) is 0 Å². The van der Waals surface area contributed by atoms with Crippen LogP contribution in [0.3, 0.4) is 0 Å². The molecular formula is C14H23NS. The third kappa shape index (κ3) is 4.18. The van der Waals surface area contributed by atoms with Crippen molar-refractivity contribution in [3.63, 3.8) is 0 Å². The SMILES string of the molecule is CCC(NCC(C)(C)SC)c1ccccc1. The maximum absolute atomic E-state index is 3.66. The molecule has 0 radical (unpaired) electrons. The summed E-state index contributed by atoms with van der Waals surface area (Å²) in [7, 11) is 0. The largest absolute Gasteiger partial charge is 0.309 e. The van der Waals surface area contributed by atoms with Gasteiger partial charge in [0.2, 0.25) is 0 Å². The Kier molecular flexibility index (Phi) is 5.36. The Morgan fingerprint density at radius 3 is 2.38 bits per heavy atom. The van der Waals surface area contributed by atoms with E-state index in [9.17, 15) is 0 Å². The van der Waals surface area contributed by atoms with Gasteiger partial charge in [-0.1, -0.05) is 37.3 Å². The summed E-state index contributed by atoms with van der Waals surface area (Å²) in [4.78, 5) is 0. The molecule has 0 aliphatic heterocycles. The molecule has 16 heavy (non-hydrogen) atoms. The molecule has 1 N–H and O–H groups in total. The van der Waals surface area contributed by atoms with Gasteiger partial charge in [-0.05, 0) is 32.1 Å². The van der Waals surface area contributed by atoms with Gasteiger partial charge in [0.1, 0.15) is 0 Å². The average Bonchev–Trinajstić information content (AvgIpc) is 2.31. The molecule has 2 heteroatoms. The normalized spacial score (nSPS) is 13.8. The number of thioether (sulfide) groups is 1. The van der Waals surface area contributed by atoms with Crippen LogP contribution in [0.25, 0.3) is 0 Å². The Morgan fingerprint density at radius 1 is 1.25 bits per heavy atom. The predicted molar refractivity (Wildman–Crippen MR) is 75.1 cm³/mol. The van der Waals surface area contributed by atoms with Crippen LogP contribution in [0, 0.1) is 0 Å². The summed E-state index contributed by atoms with van der Waals surface area (Å²) in [6, 6.07) is 11.2. The summed E-state index contributed by atoms with van der Waals surface area (Å²) >= 11 is 1.91. The summed E-state index contributed by atoms with van der Waals surface area (Å²) in [5, 5.41) is 3.66. The van der Waals surface area contributed by atoms with Crippen LogP contribution >= 0.6 is 11.8 Å². The second-order valence-corrected chi connectivity index (χ2v) is 6.23. The topological polar surface area (TPSA) is 12.0 Å². The number of rotatable bonds is 6. The van der Waals surface area contributed by atoms with Crippen LogP contribution in [-0.4, -0.2) is 17.5 Å². The zero-order chi connectivity index (χ0) is 12.0. The highest BCUT2D eigenvalue weighted by Gasteiger charge is 2.18. The van der Waals surface area contributed by atoms with Gasteiger partial charge in [-0.3, -0.25) is 0 Å². The van der Waals surface area contributed by atoms with E-state index in [2.05, 4.69) is 62.7 Å². The maximum Gasteiger partial charge on any atom is 0.0318 e. The predicted octanol–water partition coefficient (Wildman–Crippen LogP) is 3.87. The van der Waals surface area contributed by atoms with Gasteiger partial charge in [-0.15, -0.1) is 0 Å². The van der Waals surface area contributed by atoms with Gasteiger partial charge in [-0.2, -0.15) is 11.8 Å². The lowest BCUT2D eigenvalue weighted by molar-refractivity contribution is 0.485. The Balaban J connectivity index is 2.57. The second kappa shape index (κ2) is 6.31. The molecule has 90 valence electrons. The van der Waals surface area contributed by atoms with Crippen LogP contribution in [0.4, 0.5) is 0 Å². The van der Waals surface area contributed by atoms with E-state index in [0.717, 1.165) is 13.0 Å². The Labute approximate surface area is 104 Å². The molecule has 1 atom stereocenters. The standard InChI is InChI=1S/C14H23NS/c1-5-13(12-9-7-6-8-10-12)15-11-14(2,3)16-4/h6-10,13,15H,5,11H2,1-4H3. The van der Waals surface area contributed by atoms with E-state index in [1.54, 1.807) is 0 Å². The van der Waals surface area contributed by atoms with E-state index >= 15 is 0 Å². The van der Waals surface area contributed by atoms with Crippen LogP contribution in [0.5, 0.6) is 0 Å². The van der Waals surface area contributed by atoms with Crippen LogP contribution in [0.1, 0.15) is 38.8 Å². The number of benzene rings is 1. The van der Waals surface area contributed by atoms with E-state index in [0.29, 0.717) is 10.8 Å². The van der Waals surface area contributed by atoms with Gasteiger partial charge in [0.25, 0.3) is 0 Å². The smallest absolute Gasteiger partial charge is 0.0318 e. The van der Waals surface area contributed by atoms with Crippen molar-refractivity contribution in [2.45, 2.75) is 38.0 Å². The fourth-order valence-electron chi connectivity index (χ4n) is 1.62. The third-order valence-corrected chi connectivity index (χ3v) is 4.19. The first-order valence-electron chi connectivity index (χ1n) is 5.92. The van der Waals surface area contributed by atoms with Crippen molar-refractivity contribution in [2.75, 3.05) is 12.8 Å². The molecule has 0 heterocycles. The molecule has 0 aliphatic carbocycles. The molecule has 1 aromatic rings. The molecule has 1 aromatic carbocycles. The Hall–Kier alpha value is -0.470. The van der Waals surface area contributed by atoms with Crippen LogP contribution in [0.15, 0.2) is 30.3 Å². The van der Waals surface area contributed by atoms with Crippen LogP contribution in [0.2, 0.25) is 0 Å². The summed E-state index contributed by atoms with van der Waals surface area (Å²) in [6.07, 6.45) is 3.31. The molecule has 0 saturated carbocycles. The monoisotopic (exact) mass is 237 g/mol. The minimum Gasteiger partial charge on any atom is -0.309 e. The van der Waals surface area contributed by atoms with Crippen LogP contribution in [-0.2, 0) is 0 Å². The summed E-state index contributed by atoms with van der Waals surface area (Å²) in [5.74, 6) is 0. The molecule has 0 bridgehead atoms. The number of hydrogen-bond acceptors (Lipinski definition) is 2. The lowest BCUT2D eigenvalue weighted by atomic mass is 10.0.